The molecule has 0 aromatic heterocycles. The summed E-state index contributed by atoms with van der Waals surface area (Å²) in [7, 11) is 0. The number of nitrogens with two attached hydrogens (primary N) is 1. The summed E-state index contributed by atoms with van der Waals surface area (Å²) in [6, 6.07) is 0. The second-order valence-electron chi connectivity index (χ2n) is 2.72. The van der Waals surface area contributed by atoms with Gasteiger partial charge in [0.25, 0.3) is 5.91 Å². The lowest BCUT2D eigenvalue weighted by Gasteiger charge is -2.21. The van der Waals surface area contributed by atoms with Gasteiger partial charge in [-0.2, -0.15) is 0 Å². The Labute approximate surface area is 74.8 Å². The summed E-state index contributed by atoms with van der Waals surface area (Å²) < 4.78 is 0. The van der Waals surface area contributed by atoms with Crippen molar-refractivity contribution in [3.8, 4) is 0 Å². The minimum absolute atomic E-state index is 0.757. The summed E-state index contributed by atoms with van der Waals surface area (Å²) in [5, 5.41) is 0. The van der Waals surface area contributed by atoms with Crippen molar-refractivity contribution in [2.45, 2.75) is 18.7 Å². The van der Waals surface area contributed by atoms with Crippen LogP contribution in [0.4, 0.5) is 0 Å². The zero-order chi connectivity index (χ0) is 9.23. The molecular weight excluding hydrogens is 189 g/mol. The summed E-state index contributed by atoms with van der Waals surface area (Å²) in [5.74, 6) is -1.77. The molecule has 0 aliphatic rings. The molecule has 1 amide bonds. The molecule has 0 heterocycles. The fourth-order valence-corrected chi connectivity index (χ4v) is 0.615. The molecule has 3 nitrogen and oxygen atoms in total. The van der Waals surface area contributed by atoms with Crippen molar-refractivity contribution in [1.29, 1.82) is 0 Å². The van der Waals surface area contributed by atoms with Crippen LogP contribution in [0, 0.1) is 5.41 Å². The molecular formula is C6H9Cl2NO2. The van der Waals surface area contributed by atoms with Crippen molar-refractivity contribution in [3.05, 3.63) is 0 Å². The fraction of sp³-hybridized carbons (Fsp3) is 0.667. The molecule has 5 heteroatoms. The van der Waals surface area contributed by atoms with E-state index in [0.717, 1.165) is 0 Å². The Morgan fingerprint density at radius 1 is 1.36 bits per heavy atom. The number of amides is 1. The number of ketones is 1. The predicted molar refractivity (Wildman–Crippen MR) is 43.5 cm³/mol. The summed E-state index contributed by atoms with van der Waals surface area (Å²) >= 11 is 10.9. The highest BCUT2D eigenvalue weighted by Gasteiger charge is 2.37. The zero-order valence-corrected chi connectivity index (χ0v) is 7.74. The molecule has 0 spiro atoms. The Morgan fingerprint density at radius 2 is 1.73 bits per heavy atom. The van der Waals surface area contributed by atoms with Gasteiger partial charge in [-0.3, -0.25) is 9.59 Å². The molecule has 0 aliphatic heterocycles. The first kappa shape index (κ1) is 10.7. The van der Waals surface area contributed by atoms with Crippen LogP contribution in [-0.4, -0.2) is 16.5 Å². The molecule has 64 valence electrons. The lowest BCUT2D eigenvalue weighted by molar-refractivity contribution is -0.140. The maximum atomic E-state index is 11.0. The Balaban J connectivity index is 4.56. The van der Waals surface area contributed by atoms with E-state index >= 15 is 0 Å². The fourth-order valence-electron chi connectivity index (χ4n) is 0.417. The van der Waals surface area contributed by atoms with E-state index in [1.54, 1.807) is 0 Å². The third-order valence-electron chi connectivity index (χ3n) is 1.35. The minimum Gasteiger partial charge on any atom is -0.363 e. The van der Waals surface area contributed by atoms with Gasteiger partial charge in [0.2, 0.25) is 5.78 Å². The number of hydrogen-bond donors (Lipinski definition) is 1. The van der Waals surface area contributed by atoms with Crippen molar-refractivity contribution >= 4 is 34.9 Å². The molecule has 0 bridgehead atoms. The maximum Gasteiger partial charge on any atom is 0.285 e. The van der Waals surface area contributed by atoms with Crippen molar-refractivity contribution in [1.82, 2.24) is 0 Å². The van der Waals surface area contributed by atoms with Crippen LogP contribution in [-0.2, 0) is 9.59 Å². The Morgan fingerprint density at radius 3 is 1.82 bits per heavy atom. The molecule has 0 aromatic rings. The average Bonchev–Trinajstić information content (AvgIpc) is 1.85. The van der Waals surface area contributed by atoms with Gasteiger partial charge in [0.15, 0.2) is 0 Å². The Kier molecular flexibility index (Phi) is 3.32. The summed E-state index contributed by atoms with van der Waals surface area (Å²) in [6.07, 6.45) is 0. The molecule has 11 heavy (non-hydrogen) atoms. The van der Waals surface area contributed by atoms with E-state index in [2.05, 4.69) is 0 Å². The van der Waals surface area contributed by atoms with Crippen molar-refractivity contribution in [2.75, 3.05) is 0 Å². The smallest absolute Gasteiger partial charge is 0.285 e. The van der Waals surface area contributed by atoms with E-state index in [0.29, 0.717) is 0 Å². The van der Waals surface area contributed by atoms with Gasteiger partial charge in [0, 0.05) is 0 Å². The van der Waals surface area contributed by atoms with Crippen LogP contribution in [0.25, 0.3) is 0 Å². The van der Waals surface area contributed by atoms with Gasteiger partial charge < -0.3 is 5.73 Å². The molecule has 0 aromatic carbocycles. The standard InChI is InChI=1S/C6H9Cl2NO2/c1-6(2,5(7)8)3(10)4(9)11/h5H,1-2H3,(H2,9,11). The minimum atomic E-state index is -1.10. The van der Waals surface area contributed by atoms with Crippen LogP contribution in [0.5, 0.6) is 0 Å². The van der Waals surface area contributed by atoms with Gasteiger partial charge in [0.1, 0.15) is 4.84 Å². The zero-order valence-electron chi connectivity index (χ0n) is 6.23. The topological polar surface area (TPSA) is 60.2 Å². The number of halogens is 2. The van der Waals surface area contributed by atoms with E-state index in [1.807, 2.05) is 0 Å². The highest BCUT2D eigenvalue weighted by Crippen LogP contribution is 2.29. The molecule has 0 saturated heterocycles. The van der Waals surface area contributed by atoms with Crippen molar-refractivity contribution in [2.24, 2.45) is 11.1 Å². The number of carbonyl (C=O) groups is 2. The number of carbonyl (C=O) groups excluding carboxylic acids is 2. The first-order valence-corrected chi connectivity index (χ1v) is 3.79. The van der Waals surface area contributed by atoms with Crippen LogP contribution in [0.2, 0.25) is 0 Å². The molecule has 0 saturated carbocycles. The number of alkyl halides is 2. The molecule has 0 rings (SSSR count). The second kappa shape index (κ2) is 3.41. The van der Waals surface area contributed by atoms with E-state index < -0.39 is 21.9 Å². The summed E-state index contributed by atoms with van der Waals surface area (Å²) in [5.41, 5.74) is 3.65. The summed E-state index contributed by atoms with van der Waals surface area (Å²) in [6.45, 7) is 2.93. The normalized spacial score (nSPS) is 11.7. The van der Waals surface area contributed by atoms with Crippen LogP contribution in [0.15, 0.2) is 0 Å². The summed E-state index contributed by atoms with van der Waals surface area (Å²) in [4.78, 5) is 20.4. The Hall–Kier alpha value is -0.280. The number of Topliss-reactive ketones (excluding diaryl/α,β-unsaturated/α-hetero) is 1. The van der Waals surface area contributed by atoms with Gasteiger partial charge in [0.05, 0.1) is 5.41 Å². The number of primary amides is 1. The van der Waals surface area contributed by atoms with Gasteiger partial charge >= 0.3 is 0 Å². The lowest BCUT2D eigenvalue weighted by Crippen LogP contribution is -2.40. The quantitative estimate of drug-likeness (QED) is 0.540. The van der Waals surface area contributed by atoms with E-state index in [-0.39, 0.29) is 0 Å². The van der Waals surface area contributed by atoms with E-state index in [1.165, 1.54) is 13.8 Å². The molecule has 0 fully saturated rings. The van der Waals surface area contributed by atoms with Gasteiger partial charge in [-0.15, -0.1) is 23.2 Å². The maximum absolute atomic E-state index is 11.0. The Bertz CT molecular complexity index is 189. The highest BCUT2D eigenvalue weighted by atomic mass is 35.5. The monoisotopic (exact) mass is 197 g/mol. The van der Waals surface area contributed by atoms with Gasteiger partial charge in [-0.25, -0.2) is 0 Å². The second-order valence-corrected chi connectivity index (χ2v) is 3.81. The van der Waals surface area contributed by atoms with Crippen LogP contribution < -0.4 is 5.73 Å². The first-order chi connectivity index (χ1) is 4.80. The molecule has 2 N–H and O–H groups in total. The highest BCUT2D eigenvalue weighted by molar-refractivity contribution is 6.49. The molecule has 0 radical (unpaired) electrons. The predicted octanol–water partition coefficient (Wildman–Crippen LogP) is 0.871. The number of hydrogen-bond acceptors (Lipinski definition) is 2. The largest absolute Gasteiger partial charge is 0.363 e. The molecule has 0 unspecified atom stereocenters. The SMILES string of the molecule is CC(C)(C(=O)C(N)=O)C(Cl)Cl. The van der Waals surface area contributed by atoms with Crippen LogP contribution in [0.3, 0.4) is 0 Å². The average molecular weight is 198 g/mol. The van der Waals surface area contributed by atoms with Gasteiger partial charge in [-0.1, -0.05) is 0 Å². The van der Waals surface area contributed by atoms with E-state index in [4.69, 9.17) is 28.9 Å². The first-order valence-electron chi connectivity index (χ1n) is 2.92. The molecule has 0 aliphatic carbocycles. The third kappa shape index (κ3) is 2.34. The molecule has 0 atom stereocenters. The van der Waals surface area contributed by atoms with Crippen molar-refractivity contribution in [3.63, 3.8) is 0 Å². The number of rotatable bonds is 3. The van der Waals surface area contributed by atoms with Crippen LogP contribution in [0.1, 0.15) is 13.8 Å². The van der Waals surface area contributed by atoms with E-state index in [9.17, 15) is 9.59 Å². The van der Waals surface area contributed by atoms with Crippen molar-refractivity contribution < 1.29 is 9.59 Å². The van der Waals surface area contributed by atoms with Crippen LogP contribution >= 0.6 is 23.2 Å². The lowest BCUT2D eigenvalue weighted by atomic mass is 9.90. The third-order valence-corrected chi connectivity index (χ3v) is 2.45. The van der Waals surface area contributed by atoms with Gasteiger partial charge in [-0.05, 0) is 13.8 Å².